The van der Waals surface area contributed by atoms with Gasteiger partial charge in [-0.15, -0.1) is 0 Å². The lowest BCUT2D eigenvalue weighted by atomic mass is 10.1. The molecule has 31 heavy (non-hydrogen) atoms. The molecule has 1 aromatic heterocycles. The Morgan fingerprint density at radius 1 is 0.968 bits per heavy atom. The molecular formula is C22H20F3N3O3. The van der Waals surface area contributed by atoms with E-state index in [9.17, 15) is 22.8 Å². The summed E-state index contributed by atoms with van der Waals surface area (Å²) in [6, 6.07) is 11.1. The van der Waals surface area contributed by atoms with Crippen molar-refractivity contribution in [3.63, 3.8) is 0 Å². The number of rotatable bonds is 3. The maximum Gasteiger partial charge on any atom is 0.418 e. The second-order valence-electron chi connectivity index (χ2n) is 7.33. The highest BCUT2D eigenvalue weighted by molar-refractivity contribution is 6.08. The molecule has 1 aliphatic heterocycles. The van der Waals surface area contributed by atoms with Crippen molar-refractivity contribution in [3.05, 3.63) is 59.9 Å². The normalized spacial score (nSPS) is 14.5. The maximum absolute atomic E-state index is 13.6. The van der Waals surface area contributed by atoms with Crippen LogP contribution in [-0.4, -0.2) is 25.0 Å². The fourth-order valence-electron chi connectivity index (χ4n) is 3.67. The van der Waals surface area contributed by atoms with E-state index in [-0.39, 0.29) is 17.1 Å². The van der Waals surface area contributed by atoms with E-state index in [4.69, 9.17) is 4.42 Å². The number of anilines is 2. The molecule has 0 saturated carbocycles. The number of carbonyl (C=O) groups excluding carboxylic acids is 2. The Morgan fingerprint density at radius 3 is 2.42 bits per heavy atom. The third-order valence-electron chi connectivity index (χ3n) is 5.13. The zero-order valence-electron chi connectivity index (χ0n) is 16.5. The van der Waals surface area contributed by atoms with Crippen LogP contribution < -0.4 is 15.5 Å². The minimum Gasteiger partial charge on any atom is -0.451 e. The van der Waals surface area contributed by atoms with Crippen molar-refractivity contribution >= 4 is 34.3 Å². The second kappa shape index (κ2) is 8.33. The fourth-order valence-corrected chi connectivity index (χ4v) is 3.67. The van der Waals surface area contributed by atoms with E-state index < -0.39 is 23.7 Å². The van der Waals surface area contributed by atoms with Crippen LogP contribution in [0, 0.1) is 0 Å². The second-order valence-corrected chi connectivity index (χ2v) is 7.33. The van der Waals surface area contributed by atoms with E-state index in [0.29, 0.717) is 24.1 Å². The number of halogens is 3. The molecule has 1 saturated heterocycles. The Labute approximate surface area is 176 Å². The number of urea groups is 1. The standard InChI is InChI=1S/C22H20F3N3O3/c23-22(24,25)16-13-15(8-9-17(16)28-10-4-1-5-11-28)26-21(30)27-20(29)19-12-14-6-2-3-7-18(14)31-19/h2-3,6-9,12-13H,1,4-5,10-11H2,(H2,26,27,29,30). The van der Waals surface area contributed by atoms with Gasteiger partial charge in [0.15, 0.2) is 5.76 Å². The van der Waals surface area contributed by atoms with Gasteiger partial charge in [0, 0.05) is 29.9 Å². The van der Waals surface area contributed by atoms with Crippen LogP contribution in [0.5, 0.6) is 0 Å². The van der Waals surface area contributed by atoms with Crippen molar-refractivity contribution in [2.45, 2.75) is 25.4 Å². The molecule has 6 nitrogen and oxygen atoms in total. The molecule has 162 valence electrons. The fraction of sp³-hybridized carbons (Fsp3) is 0.273. The van der Waals surface area contributed by atoms with Gasteiger partial charge in [0.1, 0.15) is 5.58 Å². The SMILES string of the molecule is O=C(NC(=O)c1cc2ccccc2o1)Nc1ccc(N2CCCCC2)c(C(F)(F)F)c1. The van der Waals surface area contributed by atoms with Crippen molar-refractivity contribution in [1.82, 2.24) is 5.32 Å². The summed E-state index contributed by atoms with van der Waals surface area (Å²) < 4.78 is 46.3. The van der Waals surface area contributed by atoms with Crippen LogP contribution in [0.2, 0.25) is 0 Å². The minimum atomic E-state index is -4.58. The van der Waals surface area contributed by atoms with Crippen LogP contribution in [0.1, 0.15) is 35.4 Å². The predicted octanol–water partition coefficient (Wildman–Crippen LogP) is 5.40. The number of alkyl halides is 3. The third kappa shape index (κ3) is 4.65. The monoisotopic (exact) mass is 431 g/mol. The Hall–Kier alpha value is -3.49. The highest BCUT2D eigenvalue weighted by Crippen LogP contribution is 2.39. The molecule has 0 unspecified atom stereocenters. The number of fused-ring (bicyclic) bond motifs is 1. The van der Waals surface area contributed by atoms with E-state index in [2.05, 4.69) is 10.6 Å². The molecule has 2 aromatic carbocycles. The highest BCUT2D eigenvalue weighted by Gasteiger charge is 2.35. The van der Waals surface area contributed by atoms with Gasteiger partial charge in [0.25, 0.3) is 5.91 Å². The number of hydrogen-bond donors (Lipinski definition) is 2. The smallest absolute Gasteiger partial charge is 0.418 e. The number of nitrogens with zero attached hydrogens (tertiary/aromatic N) is 1. The van der Waals surface area contributed by atoms with Gasteiger partial charge in [0.05, 0.1) is 5.56 Å². The van der Waals surface area contributed by atoms with Gasteiger partial charge in [-0.1, -0.05) is 18.2 Å². The first-order valence-corrected chi connectivity index (χ1v) is 9.88. The molecule has 0 radical (unpaired) electrons. The molecule has 1 fully saturated rings. The van der Waals surface area contributed by atoms with E-state index in [1.807, 2.05) is 0 Å². The summed E-state index contributed by atoms with van der Waals surface area (Å²) in [5.41, 5.74) is -0.313. The molecule has 2 heterocycles. The van der Waals surface area contributed by atoms with Gasteiger partial charge in [-0.05, 0) is 49.6 Å². The van der Waals surface area contributed by atoms with Crippen molar-refractivity contribution in [3.8, 4) is 0 Å². The minimum absolute atomic E-state index is 0.0667. The molecular weight excluding hydrogens is 411 g/mol. The number of benzene rings is 2. The molecule has 0 atom stereocenters. The number of piperidine rings is 1. The van der Waals surface area contributed by atoms with Gasteiger partial charge in [-0.25, -0.2) is 4.79 Å². The average Bonchev–Trinajstić information content (AvgIpc) is 3.18. The molecule has 3 amide bonds. The Kier molecular flexibility index (Phi) is 5.58. The van der Waals surface area contributed by atoms with Crippen LogP contribution in [-0.2, 0) is 6.18 Å². The summed E-state index contributed by atoms with van der Waals surface area (Å²) >= 11 is 0. The summed E-state index contributed by atoms with van der Waals surface area (Å²) in [6.45, 7) is 1.12. The number of para-hydroxylation sites is 1. The molecule has 2 N–H and O–H groups in total. The van der Waals surface area contributed by atoms with Crippen LogP contribution >= 0.6 is 0 Å². The topological polar surface area (TPSA) is 74.6 Å². The summed E-state index contributed by atoms with van der Waals surface area (Å²) in [5, 5.41) is 5.05. The quantitative estimate of drug-likeness (QED) is 0.582. The molecule has 1 aliphatic rings. The lowest BCUT2D eigenvalue weighted by molar-refractivity contribution is -0.137. The van der Waals surface area contributed by atoms with Gasteiger partial charge < -0.3 is 14.6 Å². The molecule has 0 spiro atoms. The van der Waals surface area contributed by atoms with Gasteiger partial charge in [-0.2, -0.15) is 13.2 Å². The first-order valence-electron chi connectivity index (χ1n) is 9.88. The van der Waals surface area contributed by atoms with Gasteiger partial charge in [-0.3, -0.25) is 10.1 Å². The Bertz CT molecular complexity index is 1080. The maximum atomic E-state index is 13.6. The van der Waals surface area contributed by atoms with E-state index in [1.54, 1.807) is 29.2 Å². The summed E-state index contributed by atoms with van der Waals surface area (Å²) in [6.07, 6.45) is -1.91. The molecule has 0 bridgehead atoms. The van der Waals surface area contributed by atoms with Crippen LogP contribution in [0.3, 0.4) is 0 Å². The molecule has 0 aliphatic carbocycles. The predicted molar refractivity (Wildman–Crippen MR) is 110 cm³/mol. The molecule has 4 rings (SSSR count). The van der Waals surface area contributed by atoms with Crippen molar-refractivity contribution in [2.75, 3.05) is 23.3 Å². The average molecular weight is 431 g/mol. The number of furan rings is 1. The number of hydrogen-bond acceptors (Lipinski definition) is 4. The lowest BCUT2D eigenvalue weighted by Crippen LogP contribution is -2.34. The van der Waals surface area contributed by atoms with Crippen molar-refractivity contribution in [2.24, 2.45) is 0 Å². The first kappa shape index (κ1) is 20.8. The molecule has 9 heteroatoms. The highest BCUT2D eigenvalue weighted by atomic mass is 19.4. The van der Waals surface area contributed by atoms with Crippen LogP contribution in [0.15, 0.2) is 52.9 Å². The third-order valence-corrected chi connectivity index (χ3v) is 5.13. The first-order chi connectivity index (χ1) is 14.8. The summed E-state index contributed by atoms with van der Waals surface area (Å²) in [7, 11) is 0. The van der Waals surface area contributed by atoms with E-state index >= 15 is 0 Å². The Balaban J connectivity index is 1.48. The largest absolute Gasteiger partial charge is 0.451 e. The van der Waals surface area contributed by atoms with Crippen LogP contribution in [0.25, 0.3) is 11.0 Å². The summed E-state index contributed by atoms with van der Waals surface area (Å²) in [4.78, 5) is 26.1. The van der Waals surface area contributed by atoms with E-state index in [1.165, 1.54) is 18.2 Å². The molecule has 3 aromatic rings. The number of carbonyl (C=O) groups is 2. The van der Waals surface area contributed by atoms with Gasteiger partial charge >= 0.3 is 12.2 Å². The Morgan fingerprint density at radius 2 is 1.71 bits per heavy atom. The summed E-state index contributed by atoms with van der Waals surface area (Å²) in [5.74, 6) is -0.873. The van der Waals surface area contributed by atoms with Crippen molar-refractivity contribution in [1.29, 1.82) is 0 Å². The van der Waals surface area contributed by atoms with Crippen molar-refractivity contribution < 1.29 is 27.2 Å². The van der Waals surface area contributed by atoms with Gasteiger partial charge in [0.2, 0.25) is 0 Å². The zero-order chi connectivity index (χ0) is 22.0. The number of nitrogens with one attached hydrogen (secondary N) is 2. The lowest BCUT2D eigenvalue weighted by Gasteiger charge is -2.31. The van der Waals surface area contributed by atoms with E-state index in [0.717, 1.165) is 25.3 Å². The number of imide groups is 1. The number of amides is 3. The van der Waals surface area contributed by atoms with Crippen LogP contribution in [0.4, 0.5) is 29.3 Å². The zero-order valence-corrected chi connectivity index (χ0v) is 16.5.